The summed E-state index contributed by atoms with van der Waals surface area (Å²) >= 11 is 3.38. The fourth-order valence-electron chi connectivity index (χ4n) is 3.18. The van der Waals surface area contributed by atoms with Gasteiger partial charge in [-0.25, -0.2) is 4.98 Å². The zero-order chi connectivity index (χ0) is 19.3. The topological polar surface area (TPSA) is 77.6 Å². The summed E-state index contributed by atoms with van der Waals surface area (Å²) in [6.07, 6.45) is 0.788. The van der Waals surface area contributed by atoms with Crippen LogP contribution in [0.5, 0.6) is 0 Å². The molecule has 7 nitrogen and oxygen atoms in total. The van der Waals surface area contributed by atoms with Crippen LogP contribution < -0.4 is 15.5 Å². The fraction of sp³-hybridized carbons (Fsp3) is 0.611. The second-order valence-electron chi connectivity index (χ2n) is 6.43. The molecule has 1 aliphatic rings. The second-order valence-corrected chi connectivity index (χ2v) is 7.24. The first-order valence-electron chi connectivity index (χ1n) is 9.09. The summed E-state index contributed by atoms with van der Waals surface area (Å²) in [6.45, 7) is 9.58. The van der Waals surface area contributed by atoms with E-state index in [0.717, 1.165) is 26.1 Å². The molecule has 0 aliphatic carbocycles. The van der Waals surface area contributed by atoms with E-state index in [1.165, 1.54) is 0 Å². The lowest BCUT2D eigenvalue weighted by Crippen LogP contribution is -2.56. The zero-order valence-corrected chi connectivity index (χ0v) is 17.5. The smallest absolute Gasteiger partial charge is 0.251 e. The number of aromatic nitrogens is 1. The summed E-state index contributed by atoms with van der Waals surface area (Å²) in [7, 11) is 1.63. The lowest BCUT2D eigenvalue weighted by atomic mass is 10.0. The van der Waals surface area contributed by atoms with Crippen molar-refractivity contribution in [2.45, 2.75) is 39.3 Å². The highest BCUT2D eigenvalue weighted by molar-refractivity contribution is 9.10. The highest BCUT2D eigenvalue weighted by Gasteiger charge is 2.35. The van der Waals surface area contributed by atoms with E-state index in [-0.39, 0.29) is 23.9 Å². The summed E-state index contributed by atoms with van der Waals surface area (Å²) in [4.78, 5) is 33.1. The predicted octanol–water partition coefficient (Wildman–Crippen LogP) is 1.63. The molecule has 26 heavy (non-hydrogen) atoms. The molecule has 8 heteroatoms. The maximum absolute atomic E-state index is 12.6. The van der Waals surface area contributed by atoms with E-state index >= 15 is 0 Å². The van der Waals surface area contributed by atoms with Crippen LogP contribution in [0, 0.1) is 0 Å². The van der Waals surface area contributed by atoms with Gasteiger partial charge in [-0.1, -0.05) is 13.8 Å². The minimum absolute atomic E-state index is 0.0305. The van der Waals surface area contributed by atoms with Crippen molar-refractivity contribution in [2.75, 3.05) is 38.1 Å². The number of anilines is 1. The highest BCUT2D eigenvalue weighted by atomic mass is 79.9. The van der Waals surface area contributed by atoms with Gasteiger partial charge in [0.1, 0.15) is 16.5 Å². The minimum Gasteiger partial charge on any atom is -0.357 e. The lowest BCUT2D eigenvalue weighted by molar-refractivity contribution is -0.123. The molecule has 1 saturated heterocycles. The average molecular weight is 426 g/mol. The number of amides is 2. The van der Waals surface area contributed by atoms with Crippen LogP contribution in [0.2, 0.25) is 0 Å². The third-order valence-corrected chi connectivity index (χ3v) is 5.31. The number of hydrogen-bond donors (Lipinski definition) is 2. The zero-order valence-electron chi connectivity index (χ0n) is 15.9. The van der Waals surface area contributed by atoms with Gasteiger partial charge in [-0.15, -0.1) is 0 Å². The Bertz CT molecular complexity index is 650. The van der Waals surface area contributed by atoms with Gasteiger partial charge in [0.05, 0.1) is 0 Å². The molecule has 0 bridgehead atoms. The normalized spacial score (nSPS) is 17.6. The second kappa shape index (κ2) is 9.32. The van der Waals surface area contributed by atoms with Gasteiger partial charge in [-0.3, -0.25) is 14.5 Å². The first kappa shape index (κ1) is 20.6. The van der Waals surface area contributed by atoms with Crippen LogP contribution in [0.4, 0.5) is 5.82 Å². The molecule has 2 atom stereocenters. The van der Waals surface area contributed by atoms with Crippen LogP contribution >= 0.6 is 15.9 Å². The number of hydrogen-bond acceptors (Lipinski definition) is 5. The van der Waals surface area contributed by atoms with Crippen LogP contribution in [0.3, 0.4) is 0 Å². The van der Waals surface area contributed by atoms with E-state index in [0.29, 0.717) is 22.5 Å². The van der Waals surface area contributed by atoms with Crippen molar-refractivity contribution in [3.05, 3.63) is 22.3 Å². The molecule has 0 saturated carbocycles. The largest absolute Gasteiger partial charge is 0.357 e. The summed E-state index contributed by atoms with van der Waals surface area (Å²) < 4.78 is 0.583. The predicted molar refractivity (Wildman–Crippen MR) is 106 cm³/mol. The van der Waals surface area contributed by atoms with Gasteiger partial charge in [0.15, 0.2) is 0 Å². The summed E-state index contributed by atoms with van der Waals surface area (Å²) in [6, 6.07) is 3.50. The van der Waals surface area contributed by atoms with Crippen molar-refractivity contribution < 1.29 is 9.59 Å². The Morgan fingerprint density at radius 1 is 1.38 bits per heavy atom. The first-order valence-corrected chi connectivity index (χ1v) is 9.88. The molecule has 0 unspecified atom stereocenters. The maximum atomic E-state index is 12.6. The maximum Gasteiger partial charge on any atom is 0.251 e. The Kier molecular flexibility index (Phi) is 7.40. The molecule has 0 spiro atoms. The van der Waals surface area contributed by atoms with Gasteiger partial charge in [0, 0.05) is 31.7 Å². The van der Waals surface area contributed by atoms with E-state index in [1.807, 2.05) is 4.90 Å². The first-order chi connectivity index (χ1) is 12.4. The van der Waals surface area contributed by atoms with Crippen molar-refractivity contribution in [1.29, 1.82) is 0 Å². The van der Waals surface area contributed by atoms with Gasteiger partial charge in [-0.05, 0) is 54.5 Å². The number of nitrogens with one attached hydrogen (secondary N) is 2. The molecule has 1 aromatic rings. The molecule has 2 heterocycles. The Labute approximate surface area is 163 Å². The SMILES string of the molecule is CCN(CC)[C@@H](C)CNC(=O)c1cc(Br)nc(N2CC[C@H]2C(=O)NC)c1. The van der Waals surface area contributed by atoms with E-state index < -0.39 is 0 Å². The monoisotopic (exact) mass is 425 g/mol. The summed E-state index contributed by atoms with van der Waals surface area (Å²) in [5.74, 6) is 0.476. The molecular weight excluding hydrogens is 398 g/mol. The number of rotatable bonds is 8. The number of carbonyl (C=O) groups excluding carboxylic acids is 2. The van der Waals surface area contributed by atoms with E-state index in [2.05, 4.69) is 57.2 Å². The van der Waals surface area contributed by atoms with Gasteiger partial charge in [0.25, 0.3) is 5.91 Å². The number of halogens is 1. The molecule has 1 aliphatic heterocycles. The Balaban J connectivity index is 2.07. The molecule has 0 aromatic carbocycles. The standard InChI is InChI=1S/C18H28BrN5O2/c1-5-23(6-2)12(3)11-21-17(25)13-9-15(19)22-16(10-13)24-8-7-14(24)18(26)20-4/h9-10,12,14H,5-8,11H2,1-4H3,(H,20,26)(H,21,25)/t12-,14-/m0/s1. The van der Waals surface area contributed by atoms with E-state index in [4.69, 9.17) is 0 Å². The third kappa shape index (κ3) is 4.73. The number of likely N-dealkylation sites (N-methyl/N-ethyl adjacent to an activating group) is 2. The Morgan fingerprint density at radius 2 is 2.08 bits per heavy atom. The van der Waals surface area contributed by atoms with Crippen LogP contribution in [-0.2, 0) is 4.79 Å². The number of pyridine rings is 1. The van der Waals surface area contributed by atoms with E-state index in [1.54, 1.807) is 19.2 Å². The van der Waals surface area contributed by atoms with E-state index in [9.17, 15) is 9.59 Å². The van der Waals surface area contributed by atoms with Crippen molar-refractivity contribution in [3.8, 4) is 0 Å². The average Bonchev–Trinajstić information content (AvgIpc) is 2.59. The van der Waals surface area contributed by atoms with Crippen LogP contribution in [-0.4, -0.2) is 67.0 Å². The number of nitrogens with zero attached hydrogens (tertiary/aromatic N) is 3. The molecule has 144 valence electrons. The molecular formula is C18H28BrN5O2. The summed E-state index contributed by atoms with van der Waals surface area (Å²) in [5, 5.41) is 5.66. The van der Waals surface area contributed by atoms with Crippen molar-refractivity contribution in [1.82, 2.24) is 20.5 Å². The van der Waals surface area contributed by atoms with Crippen molar-refractivity contribution >= 4 is 33.6 Å². The third-order valence-electron chi connectivity index (χ3n) is 4.90. The molecule has 2 rings (SSSR count). The van der Waals surface area contributed by atoms with Crippen LogP contribution in [0.15, 0.2) is 16.7 Å². The van der Waals surface area contributed by atoms with Crippen molar-refractivity contribution in [2.24, 2.45) is 0 Å². The quantitative estimate of drug-likeness (QED) is 0.618. The van der Waals surface area contributed by atoms with Crippen LogP contribution in [0.25, 0.3) is 0 Å². The van der Waals surface area contributed by atoms with Gasteiger partial charge in [0.2, 0.25) is 5.91 Å². The molecule has 0 radical (unpaired) electrons. The molecule has 2 amide bonds. The minimum atomic E-state index is -0.222. The van der Waals surface area contributed by atoms with Gasteiger partial charge < -0.3 is 15.5 Å². The van der Waals surface area contributed by atoms with Crippen LogP contribution in [0.1, 0.15) is 37.6 Å². The van der Waals surface area contributed by atoms with Crippen molar-refractivity contribution in [3.63, 3.8) is 0 Å². The molecule has 1 aromatic heterocycles. The number of carbonyl (C=O) groups is 2. The lowest BCUT2D eigenvalue weighted by Gasteiger charge is -2.40. The van der Waals surface area contributed by atoms with Gasteiger partial charge >= 0.3 is 0 Å². The Morgan fingerprint density at radius 3 is 2.62 bits per heavy atom. The fourth-order valence-corrected chi connectivity index (χ4v) is 3.61. The molecule has 2 N–H and O–H groups in total. The molecule has 1 fully saturated rings. The summed E-state index contributed by atoms with van der Waals surface area (Å²) in [5.41, 5.74) is 0.538. The Hall–Kier alpha value is -1.67. The highest BCUT2D eigenvalue weighted by Crippen LogP contribution is 2.27. The van der Waals surface area contributed by atoms with Gasteiger partial charge in [-0.2, -0.15) is 0 Å².